The zero-order chi connectivity index (χ0) is 17.2. The molecule has 24 heavy (non-hydrogen) atoms. The number of likely N-dealkylation sites (tertiary alicyclic amines) is 1. The molecule has 3 fully saturated rings. The van der Waals surface area contributed by atoms with Crippen LogP contribution in [-0.2, 0) is 20.8 Å². The van der Waals surface area contributed by atoms with E-state index in [0.717, 1.165) is 11.3 Å². The lowest BCUT2D eigenvalue weighted by Crippen LogP contribution is -2.47. The Morgan fingerprint density at radius 3 is 2.33 bits per heavy atom. The number of aromatic nitrogens is 2. The van der Waals surface area contributed by atoms with Gasteiger partial charge in [0, 0.05) is 28.0 Å². The minimum Gasteiger partial charge on any atom is -0.480 e. The summed E-state index contributed by atoms with van der Waals surface area (Å²) in [5.41, 5.74) is 0.583. The minimum atomic E-state index is -1.20. The third-order valence-corrected chi connectivity index (χ3v) is 8.79. The number of imide groups is 1. The summed E-state index contributed by atoms with van der Waals surface area (Å²) in [5.74, 6) is -2.50. The molecule has 1 aliphatic heterocycles. The lowest BCUT2D eigenvalue weighted by molar-refractivity contribution is -0.155. The number of hydrogen-bond acceptors (Lipinski definition) is 4. The molecule has 4 rings (SSSR count). The van der Waals surface area contributed by atoms with E-state index < -0.39 is 23.8 Å². The molecule has 2 saturated carbocycles. The lowest BCUT2D eigenvalue weighted by Gasteiger charge is -2.28. The second-order valence-corrected chi connectivity index (χ2v) is 8.80. The first-order chi connectivity index (χ1) is 11.4. The highest BCUT2D eigenvalue weighted by molar-refractivity contribution is 9.12. The third-order valence-electron chi connectivity index (χ3n) is 5.59. The van der Waals surface area contributed by atoms with Gasteiger partial charge in [0.05, 0.1) is 18.2 Å². The molecule has 1 aromatic rings. The number of carbonyl (C=O) groups excluding carboxylic acids is 2. The number of aliphatic carboxylic acids is 1. The van der Waals surface area contributed by atoms with Gasteiger partial charge in [0.15, 0.2) is 0 Å². The van der Waals surface area contributed by atoms with E-state index in [0.29, 0.717) is 5.69 Å². The fourth-order valence-corrected chi connectivity index (χ4v) is 6.45. The van der Waals surface area contributed by atoms with Crippen LogP contribution in [0.1, 0.15) is 12.1 Å². The summed E-state index contributed by atoms with van der Waals surface area (Å²) in [5, 5.41) is 9.58. The van der Waals surface area contributed by atoms with Crippen molar-refractivity contribution in [2.45, 2.75) is 28.5 Å². The second kappa shape index (κ2) is 5.66. The van der Waals surface area contributed by atoms with Gasteiger partial charge in [0.2, 0.25) is 11.8 Å². The smallest absolute Gasteiger partial charge is 0.327 e. The van der Waals surface area contributed by atoms with E-state index >= 15 is 0 Å². The van der Waals surface area contributed by atoms with Crippen molar-refractivity contribution in [3.63, 3.8) is 0 Å². The Bertz CT molecular complexity index is 678. The van der Waals surface area contributed by atoms with Gasteiger partial charge in [0.25, 0.3) is 0 Å². The predicted octanol–water partition coefficient (Wildman–Crippen LogP) is 1.18. The van der Waals surface area contributed by atoms with Crippen LogP contribution in [0.4, 0.5) is 0 Å². The molecular weight excluding hydrogens is 446 g/mol. The number of H-pyrrole nitrogens is 1. The van der Waals surface area contributed by atoms with Crippen LogP contribution in [0.5, 0.6) is 0 Å². The highest BCUT2D eigenvalue weighted by Gasteiger charge is 2.67. The molecule has 2 aliphatic carbocycles. The first kappa shape index (κ1) is 16.3. The van der Waals surface area contributed by atoms with Crippen molar-refractivity contribution < 1.29 is 19.5 Å². The van der Waals surface area contributed by atoms with Crippen molar-refractivity contribution in [1.82, 2.24) is 14.9 Å². The van der Waals surface area contributed by atoms with Crippen molar-refractivity contribution in [2.24, 2.45) is 23.7 Å². The van der Waals surface area contributed by atoms with Crippen molar-refractivity contribution in [2.75, 3.05) is 0 Å². The quantitative estimate of drug-likeness (QED) is 0.518. The molecule has 0 spiro atoms. The molecule has 3 aliphatic rings. The summed E-state index contributed by atoms with van der Waals surface area (Å²) in [6.45, 7) is 0. The normalized spacial score (nSPS) is 38.7. The summed E-state index contributed by atoms with van der Waals surface area (Å²) in [6.07, 6.45) is 3.82. The maximum atomic E-state index is 12.9. The minimum absolute atomic E-state index is 0.0388. The van der Waals surface area contributed by atoms with E-state index in [1.807, 2.05) is 0 Å². The Kier molecular flexibility index (Phi) is 3.83. The van der Waals surface area contributed by atoms with Crippen LogP contribution in [-0.4, -0.2) is 53.5 Å². The van der Waals surface area contributed by atoms with Crippen LogP contribution < -0.4 is 0 Å². The van der Waals surface area contributed by atoms with E-state index in [9.17, 15) is 19.5 Å². The number of halogens is 2. The summed E-state index contributed by atoms with van der Waals surface area (Å²) in [7, 11) is 0. The summed E-state index contributed by atoms with van der Waals surface area (Å²) < 4.78 is 0. The van der Waals surface area contributed by atoms with Crippen LogP contribution in [0, 0.1) is 23.7 Å². The van der Waals surface area contributed by atoms with E-state index in [-0.39, 0.29) is 39.7 Å². The third kappa shape index (κ3) is 2.13. The van der Waals surface area contributed by atoms with Gasteiger partial charge >= 0.3 is 5.97 Å². The number of hydrogen-bond donors (Lipinski definition) is 2. The van der Waals surface area contributed by atoms with E-state index in [1.165, 1.54) is 12.5 Å². The monoisotopic (exact) mass is 459 g/mol. The standard InChI is InChI=1S/C15H15Br2N3O4/c16-11-6-2-7(12(11)17)10-9(6)13(21)20(14(10)22)8(15(23)24)1-5-3-18-4-19-5/h3-4,6-12H,1-2H2,(H,18,19)(H,23,24). The number of alkyl halides is 2. The van der Waals surface area contributed by atoms with Gasteiger partial charge in [-0.2, -0.15) is 0 Å². The fourth-order valence-electron chi connectivity index (χ4n) is 4.57. The topological polar surface area (TPSA) is 103 Å². The highest BCUT2D eigenvalue weighted by Crippen LogP contribution is 2.60. The number of aromatic amines is 1. The number of carboxylic acids is 1. The van der Waals surface area contributed by atoms with E-state index in [4.69, 9.17) is 0 Å². The number of rotatable bonds is 4. The summed E-state index contributed by atoms with van der Waals surface area (Å²) >= 11 is 7.24. The maximum Gasteiger partial charge on any atom is 0.327 e. The Hall–Kier alpha value is -1.22. The van der Waals surface area contributed by atoms with Crippen molar-refractivity contribution in [3.8, 4) is 0 Å². The van der Waals surface area contributed by atoms with Crippen LogP contribution >= 0.6 is 31.9 Å². The van der Waals surface area contributed by atoms with Gasteiger partial charge < -0.3 is 10.1 Å². The van der Waals surface area contributed by atoms with Crippen molar-refractivity contribution in [3.05, 3.63) is 18.2 Å². The molecule has 7 nitrogen and oxygen atoms in total. The van der Waals surface area contributed by atoms with Gasteiger partial charge in [-0.1, -0.05) is 31.9 Å². The van der Waals surface area contributed by atoms with Crippen LogP contribution in [0.3, 0.4) is 0 Å². The van der Waals surface area contributed by atoms with Gasteiger partial charge in [-0.05, 0) is 18.3 Å². The highest BCUT2D eigenvalue weighted by atomic mass is 79.9. The van der Waals surface area contributed by atoms with Crippen LogP contribution in [0.2, 0.25) is 0 Å². The maximum absolute atomic E-state index is 12.9. The number of carboxylic acid groups (broad SMARTS) is 1. The average molecular weight is 461 g/mol. The number of imidazole rings is 1. The number of fused-ring (bicyclic) bond motifs is 5. The molecule has 2 heterocycles. The SMILES string of the molecule is O=C(O)C(Cc1cnc[nH]1)N1C(=O)C2C3CC(C(Br)C3Br)C2C1=O. The van der Waals surface area contributed by atoms with E-state index in [1.54, 1.807) is 0 Å². The lowest BCUT2D eigenvalue weighted by atomic mass is 9.81. The van der Waals surface area contributed by atoms with Crippen molar-refractivity contribution in [1.29, 1.82) is 0 Å². The van der Waals surface area contributed by atoms with Crippen LogP contribution in [0.15, 0.2) is 12.5 Å². The van der Waals surface area contributed by atoms with Crippen molar-refractivity contribution >= 4 is 49.6 Å². The molecule has 9 heteroatoms. The molecule has 1 saturated heterocycles. The molecule has 128 valence electrons. The Balaban J connectivity index is 1.65. The van der Waals surface area contributed by atoms with Gasteiger partial charge in [-0.25, -0.2) is 9.78 Å². The molecular formula is C15H15Br2N3O4. The molecule has 2 amide bonds. The van der Waals surface area contributed by atoms with Gasteiger partial charge in [-0.15, -0.1) is 0 Å². The fraction of sp³-hybridized carbons (Fsp3) is 0.600. The number of nitrogens with zero attached hydrogens (tertiary/aromatic N) is 2. The first-order valence-electron chi connectivity index (χ1n) is 7.77. The molecule has 2 N–H and O–H groups in total. The molecule has 0 radical (unpaired) electrons. The Morgan fingerprint density at radius 1 is 1.29 bits per heavy atom. The number of amides is 2. The van der Waals surface area contributed by atoms with Gasteiger partial charge in [-0.3, -0.25) is 14.5 Å². The van der Waals surface area contributed by atoms with Crippen LogP contribution in [0.25, 0.3) is 0 Å². The largest absolute Gasteiger partial charge is 0.480 e. The first-order valence-corrected chi connectivity index (χ1v) is 9.60. The average Bonchev–Trinajstić information content (AvgIpc) is 3.27. The Morgan fingerprint density at radius 2 is 1.88 bits per heavy atom. The van der Waals surface area contributed by atoms with E-state index in [2.05, 4.69) is 41.8 Å². The molecule has 7 unspecified atom stereocenters. The predicted molar refractivity (Wildman–Crippen MR) is 89.6 cm³/mol. The number of nitrogens with one attached hydrogen (secondary N) is 1. The zero-order valence-electron chi connectivity index (χ0n) is 12.4. The molecule has 1 aromatic heterocycles. The van der Waals surface area contributed by atoms with Gasteiger partial charge in [0.1, 0.15) is 6.04 Å². The Labute approximate surface area is 154 Å². The second-order valence-electron chi connectivity index (χ2n) is 6.69. The summed E-state index contributed by atoms with van der Waals surface area (Å²) in [6, 6.07) is -1.20. The molecule has 0 aromatic carbocycles. The number of carbonyl (C=O) groups is 3. The zero-order valence-corrected chi connectivity index (χ0v) is 15.6. The summed E-state index contributed by atoms with van der Waals surface area (Å²) in [4.78, 5) is 45.5. The molecule has 7 atom stereocenters. The molecule has 2 bridgehead atoms.